The molecule has 0 spiro atoms. The summed E-state index contributed by atoms with van der Waals surface area (Å²) in [6.07, 6.45) is 4.41. The van der Waals surface area contributed by atoms with Crippen LogP contribution in [0.5, 0.6) is 11.5 Å². The lowest BCUT2D eigenvalue weighted by Gasteiger charge is -2.32. The number of hydrogen-bond donors (Lipinski definition) is 2. The van der Waals surface area contributed by atoms with Gasteiger partial charge in [0.15, 0.2) is 33.6 Å². The fourth-order valence-corrected chi connectivity index (χ4v) is 5.80. The number of likely N-dealkylation sites (tertiary alicyclic amines) is 1. The summed E-state index contributed by atoms with van der Waals surface area (Å²) in [6.45, 7) is 5.12. The lowest BCUT2D eigenvalue weighted by Crippen LogP contribution is -2.44. The first-order valence-corrected chi connectivity index (χ1v) is 12.9. The van der Waals surface area contributed by atoms with E-state index in [9.17, 15) is 4.79 Å². The molecule has 0 atom stereocenters. The Bertz CT molecular complexity index is 1210. The van der Waals surface area contributed by atoms with Crippen molar-refractivity contribution in [3.63, 3.8) is 0 Å². The van der Waals surface area contributed by atoms with E-state index in [-0.39, 0.29) is 12.8 Å². The second kappa shape index (κ2) is 9.87. The normalized spacial score (nSPS) is 15.8. The van der Waals surface area contributed by atoms with Gasteiger partial charge in [-0.3, -0.25) is 0 Å². The van der Waals surface area contributed by atoms with E-state index in [2.05, 4.69) is 35.8 Å². The summed E-state index contributed by atoms with van der Waals surface area (Å²) in [5.74, 6) is 2.33. The number of piperidine rings is 1. The number of nitrogen functional groups attached to an aromatic ring is 1. The molecule has 0 aliphatic carbocycles. The zero-order valence-electron chi connectivity index (χ0n) is 18.8. The fraction of sp³-hybridized carbons (Fsp3) is 0.455. The minimum atomic E-state index is 0.0294. The maximum Gasteiger partial charge on any atom is 0.317 e. The second-order valence-corrected chi connectivity index (χ2v) is 10.1. The van der Waals surface area contributed by atoms with Gasteiger partial charge in [0.05, 0.1) is 0 Å². The predicted molar refractivity (Wildman–Crippen MR) is 132 cm³/mol. The molecule has 10 nitrogen and oxygen atoms in total. The Kier molecular flexibility index (Phi) is 6.68. The van der Waals surface area contributed by atoms with Crippen LogP contribution >= 0.6 is 27.7 Å². The van der Waals surface area contributed by atoms with Crippen LogP contribution in [0.3, 0.4) is 0 Å². The fourth-order valence-electron chi connectivity index (χ4n) is 4.29. The van der Waals surface area contributed by atoms with E-state index in [0.717, 1.165) is 64.8 Å². The highest BCUT2D eigenvalue weighted by molar-refractivity contribution is 9.10. The zero-order valence-corrected chi connectivity index (χ0v) is 21.2. The number of hydrogen-bond acceptors (Lipinski definition) is 8. The number of benzene rings is 1. The number of anilines is 1. The van der Waals surface area contributed by atoms with Crippen LogP contribution in [0.1, 0.15) is 26.2 Å². The Morgan fingerprint density at radius 1 is 1.26 bits per heavy atom. The average Bonchev–Trinajstić information content (AvgIpc) is 3.43. The quantitative estimate of drug-likeness (QED) is 0.476. The number of rotatable bonds is 6. The van der Waals surface area contributed by atoms with Gasteiger partial charge >= 0.3 is 6.03 Å². The number of nitrogens with one attached hydrogen (secondary N) is 1. The molecule has 3 aromatic rings. The van der Waals surface area contributed by atoms with E-state index < -0.39 is 0 Å². The number of urea groups is 1. The topological polar surface area (TPSA) is 120 Å². The van der Waals surface area contributed by atoms with Crippen LogP contribution < -0.4 is 20.5 Å². The Hall–Kier alpha value is -2.73. The van der Waals surface area contributed by atoms with Gasteiger partial charge in [-0.1, -0.05) is 11.8 Å². The van der Waals surface area contributed by atoms with Gasteiger partial charge in [0.25, 0.3) is 0 Å². The smallest absolute Gasteiger partial charge is 0.317 e. The highest BCUT2D eigenvalue weighted by atomic mass is 79.9. The predicted octanol–water partition coefficient (Wildman–Crippen LogP) is 3.88. The number of carbonyl (C=O) groups is 1. The Labute approximate surface area is 209 Å². The van der Waals surface area contributed by atoms with E-state index in [1.807, 2.05) is 24.0 Å². The summed E-state index contributed by atoms with van der Waals surface area (Å²) in [6, 6.07) is 3.89. The molecular weight excluding hydrogens is 522 g/mol. The molecule has 2 aliphatic heterocycles. The van der Waals surface area contributed by atoms with Crippen molar-refractivity contribution in [2.24, 2.45) is 5.92 Å². The summed E-state index contributed by atoms with van der Waals surface area (Å²) in [5.41, 5.74) is 7.45. The number of fused-ring (bicyclic) bond motifs is 2. The Balaban J connectivity index is 1.35. The molecule has 180 valence electrons. The molecule has 2 aliphatic rings. The van der Waals surface area contributed by atoms with Crippen LogP contribution in [0.25, 0.3) is 11.2 Å². The third kappa shape index (κ3) is 4.61. The van der Waals surface area contributed by atoms with Crippen molar-refractivity contribution in [2.75, 3.05) is 32.2 Å². The van der Waals surface area contributed by atoms with Crippen molar-refractivity contribution in [3.05, 3.63) is 22.9 Å². The molecule has 1 fully saturated rings. The minimum absolute atomic E-state index is 0.0294. The summed E-state index contributed by atoms with van der Waals surface area (Å²) in [7, 11) is 0. The van der Waals surface area contributed by atoms with Gasteiger partial charge in [-0.2, -0.15) is 0 Å². The number of nitrogens with two attached hydrogens (primary N) is 1. The van der Waals surface area contributed by atoms with E-state index >= 15 is 0 Å². The number of halogens is 1. The third-order valence-corrected chi connectivity index (χ3v) is 8.11. The monoisotopic (exact) mass is 547 g/mol. The van der Waals surface area contributed by atoms with Crippen LogP contribution in [-0.4, -0.2) is 56.9 Å². The van der Waals surface area contributed by atoms with E-state index in [1.54, 1.807) is 0 Å². The van der Waals surface area contributed by atoms with Crippen LogP contribution in [0, 0.1) is 5.92 Å². The van der Waals surface area contributed by atoms with Gasteiger partial charge in [0, 0.05) is 35.5 Å². The van der Waals surface area contributed by atoms with E-state index in [1.165, 1.54) is 18.1 Å². The van der Waals surface area contributed by atoms with Crippen LogP contribution in [0.2, 0.25) is 0 Å². The summed E-state index contributed by atoms with van der Waals surface area (Å²) >= 11 is 5.16. The average molecular weight is 548 g/mol. The van der Waals surface area contributed by atoms with Gasteiger partial charge in [-0.05, 0) is 60.2 Å². The number of aryl methyl sites for hydroxylation is 1. The molecule has 1 aromatic carbocycles. The summed E-state index contributed by atoms with van der Waals surface area (Å²) < 4.78 is 14.0. The minimum Gasteiger partial charge on any atom is -0.454 e. The van der Waals surface area contributed by atoms with Crippen molar-refractivity contribution >= 4 is 50.7 Å². The Morgan fingerprint density at radius 2 is 2.03 bits per heavy atom. The first-order chi connectivity index (χ1) is 16.5. The molecule has 34 heavy (non-hydrogen) atoms. The number of ether oxygens (including phenoxy) is 2. The molecule has 5 rings (SSSR count). The van der Waals surface area contributed by atoms with Crippen molar-refractivity contribution in [3.8, 4) is 11.5 Å². The van der Waals surface area contributed by atoms with Crippen molar-refractivity contribution in [2.45, 2.75) is 42.8 Å². The first-order valence-electron chi connectivity index (χ1n) is 11.3. The highest BCUT2D eigenvalue weighted by Crippen LogP contribution is 2.43. The van der Waals surface area contributed by atoms with Crippen LogP contribution in [-0.2, 0) is 6.54 Å². The van der Waals surface area contributed by atoms with E-state index in [0.29, 0.717) is 29.5 Å². The molecule has 2 amide bonds. The van der Waals surface area contributed by atoms with Crippen LogP contribution in [0.15, 0.2) is 33.0 Å². The number of amides is 2. The van der Waals surface area contributed by atoms with Crippen molar-refractivity contribution in [1.29, 1.82) is 0 Å². The molecule has 2 aromatic heterocycles. The largest absolute Gasteiger partial charge is 0.454 e. The van der Waals surface area contributed by atoms with Gasteiger partial charge in [-0.15, -0.1) is 0 Å². The van der Waals surface area contributed by atoms with Gasteiger partial charge in [-0.25, -0.2) is 19.7 Å². The molecule has 0 bridgehead atoms. The second-order valence-electron chi connectivity index (χ2n) is 8.27. The molecule has 1 saturated heterocycles. The van der Waals surface area contributed by atoms with Gasteiger partial charge in [0.2, 0.25) is 6.79 Å². The molecule has 0 saturated carbocycles. The maximum atomic E-state index is 12.1. The summed E-state index contributed by atoms with van der Waals surface area (Å²) in [5, 5.41) is 3.68. The lowest BCUT2D eigenvalue weighted by atomic mass is 9.93. The summed E-state index contributed by atoms with van der Waals surface area (Å²) in [4.78, 5) is 28.3. The van der Waals surface area contributed by atoms with Gasteiger partial charge < -0.3 is 30.0 Å². The number of imidazole rings is 1. The zero-order chi connectivity index (χ0) is 23.7. The van der Waals surface area contributed by atoms with Crippen LogP contribution in [0.4, 0.5) is 10.6 Å². The number of aromatic nitrogens is 4. The SMILES string of the molecule is CCNC(=O)N1CCC(CCn2c(Sc3cc4c(cc3Br)OCO4)nc3c(N)ncnc32)CC1. The van der Waals surface area contributed by atoms with Crippen molar-refractivity contribution in [1.82, 2.24) is 29.7 Å². The maximum absolute atomic E-state index is 12.1. The van der Waals surface area contributed by atoms with Gasteiger partial charge in [0.1, 0.15) is 6.33 Å². The number of carbonyl (C=O) groups excluding carboxylic acids is 1. The molecule has 12 heteroatoms. The first kappa shape index (κ1) is 23.0. The Morgan fingerprint density at radius 3 is 2.79 bits per heavy atom. The van der Waals surface area contributed by atoms with E-state index in [4.69, 9.17) is 20.2 Å². The highest BCUT2D eigenvalue weighted by Gasteiger charge is 2.24. The molecule has 3 N–H and O–H groups in total. The molecule has 0 radical (unpaired) electrons. The molecule has 0 unspecified atom stereocenters. The number of nitrogens with zero attached hydrogens (tertiary/aromatic N) is 5. The lowest BCUT2D eigenvalue weighted by molar-refractivity contribution is 0.167. The molecular formula is C22H26BrN7O3S. The standard InChI is InChI=1S/C22H26BrN7O3S/c1-2-25-21(31)29-6-3-13(4-7-29)5-8-30-20-18(19(24)26-11-27-20)28-22(30)34-17-10-16-15(9-14(17)23)32-12-33-16/h9-11,13H,2-8,12H2,1H3,(H,25,31)(H2,24,26,27). The molecule has 4 heterocycles. The third-order valence-electron chi connectivity index (χ3n) is 6.14. The van der Waals surface area contributed by atoms with Crippen molar-refractivity contribution < 1.29 is 14.3 Å².